The molecule has 0 atom stereocenters. The maximum Gasteiger partial charge on any atom is 0.122 e. The summed E-state index contributed by atoms with van der Waals surface area (Å²) in [5.41, 5.74) is 7.85. The van der Waals surface area contributed by atoms with Gasteiger partial charge in [-0.05, 0) is 25.0 Å². The molecule has 1 aromatic carbocycles. The van der Waals surface area contributed by atoms with Crippen molar-refractivity contribution in [2.75, 3.05) is 6.61 Å². The Kier molecular flexibility index (Phi) is 5.09. The molecular weight excluding hydrogens is 288 g/mol. The SMILES string of the molecule is CCc1nc(CCOc2ccccc2C)sc1C(N)=S. The standard InChI is InChI=1S/C15H18N2OS2/c1-3-11-14(15(16)19)20-13(17-11)8-9-18-12-7-5-4-6-10(12)2/h4-7H,3,8-9H2,1-2H3,(H2,16,19). The lowest BCUT2D eigenvalue weighted by Gasteiger charge is -2.07. The van der Waals surface area contributed by atoms with Crippen LogP contribution in [0.3, 0.4) is 0 Å². The Morgan fingerprint density at radius 3 is 2.75 bits per heavy atom. The fourth-order valence-electron chi connectivity index (χ4n) is 1.91. The topological polar surface area (TPSA) is 48.1 Å². The van der Waals surface area contributed by atoms with Crippen molar-refractivity contribution in [3.8, 4) is 5.75 Å². The number of hydrogen-bond acceptors (Lipinski definition) is 4. The van der Waals surface area contributed by atoms with Crippen molar-refractivity contribution in [3.63, 3.8) is 0 Å². The number of rotatable bonds is 6. The molecule has 106 valence electrons. The van der Waals surface area contributed by atoms with Crippen molar-refractivity contribution in [2.24, 2.45) is 5.73 Å². The van der Waals surface area contributed by atoms with E-state index in [1.54, 1.807) is 11.3 Å². The van der Waals surface area contributed by atoms with Crippen molar-refractivity contribution in [2.45, 2.75) is 26.7 Å². The van der Waals surface area contributed by atoms with Gasteiger partial charge >= 0.3 is 0 Å². The van der Waals surface area contributed by atoms with E-state index in [1.807, 2.05) is 31.2 Å². The second-order valence-corrected chi connectivity index (χ2v) is 5.99. The van der Waals surface area contributed by atoms with Crippen LogP contribution in [-0.2, 0) is 12.8 Å². The summed E-state index contributed by atoms with van der Waals surface area (Å²) in [4.78, 5) is 5.95. The normalized spacial score (nSPS) is 10.5. The Hall–Kier alpha value is -1.46. The Bertz CT molecular complexity index is 608. The van der Waals surface area contributed by atoms with Gasteiger partial charge in [-0.1, -0.05) is 37.3 Å². The highest BCUT2D eigenvalue weighted by Gasteiger charge is 2.11. The number of nitrogens with zero attached hydrogens (tertiary/aromatic N) is 1. The Morgan fingerprint density at radius 2 is 2.15 bits per heavy atom. The number of benzene rings is 1. The van der Waals surface area contributed by atoms with E-state index in [4.69, 9.17) is 22.7 Å². The van der Waals surface area contributed by atoms with Gasteiger partial charge < -0.3 is 10.5 Å². The Morgan fingerprint density at radius 1 is 1.40 bits per heavy atom. The second-order valence-electron chi connectivity index (χ2n) is 4.47. The number of thiazole rings is 1. The lowest BCUT2D eigenvalue weighted by Crippen LogP contribution is -2.09. The van der Waals surface area contributed by atoms with Gasteiger partial charge in [-0.3, -0.25) is 0 Å². The van der Waals surface area contributed by atoms with Crippen molar-refractivity contribution < 1.29 is 4.74 Å². The first-order valence-corrected chi connectivity index (χ1v) is 7.81. The summed E-state index contributed by atoms with van der Waals surface area (Å²) in [5, 5.41) is 1.03. The fourth-order valence-corrected chi connectivity index (χ4v) is 3.13. The second kappa shape index (κ2) is 6.81. The van der Waals surface area contributed by atoms with Crippen LogP contribution in [-0.4, -0.2) is 16.6 Å². The molecule has 0 radical (unpaired) electrons. The zero-order valence-corrected chi connectivity index (χ0v) is 13.3. The molecular formula is C15H18N2OS2. The first kappa shape index (κ1) is 14.9. The highest BCUT2D eigenvalue weighted by molar-refractivity contribution is 7.81. The Balaban J connectivity index is 1.98. The van der Waals surface area contributed by atoms with Crippen LogP contribution in [0.5, 0.6) is 5.75 Å². The lowest BCUT2D eigenvalue weighted by molar-refractivity contribution is 0.319. The van der Waals surface area contributed by atoms with Crippen LogP contribution in [0, 0.1) is 6.92 Å². The van der Waals surface area contributed by atoms with Gasteiger partial charge in [0.15, 0.2) is 0 Å². The molecule has 0 bridgehead atoms. The van der Waals surface area contributed by atoms with Crippen LogP contribution in [0.2, 0.25) is 0 Å². The molecule has 0 aliphatic heterocycles. The minimum atomic E-state index is 0.436. The molecule has 0 saturated carbocycles. The molecule has 2 rings (SSSR count). The maximum atomic E-state index is 5.79. The molecule has 0 aliphatic rings. The minimum Gasteiger partial charge on any atom is -0.493 e. The third-order valence-corrected chi connectivity index (χ3v) is 4.49. The van der Waals surface area contributed by atoms with Crippen LogP contribution in [0.4, 0.5) is 0 Å². The van der Waals surface area contributed by atoms with E-state index >= 15 is 0 Å². The molecule has 0 fully saturated rings. The highest BCUT2D eigenvalue weighted by Crippen LogP contribution is 2.21. The summed E-state index contributed by atoms with van der Waals surface area (Å²) in [7, 11) is 0. The minimum absolute atomic E-state index is 0.436. The zero-order chi connectivity index (χ0) is 14.5. The van der Waals surface area contributed by atoms with Crippen LogP contribution in [0.15, 0.2) is 24.3 Å². The first-order chi connectivity index (χ1) is 9.61. The molecule has 20 heavy (non-hydrogen) atoms. The molecule has 0 saturated heterocycles. The van der Waals surface area contributed by atoms with Gasteiger partial charge in [0, 0.05) is 6.42 Å². The molecule has 0 spiro atoms. The third kappa shape index (κ3) is 3.55. The molecule has 5 heteroatoms. The number of aromatic nitrogens is 1. The average Bonchev–Trinajstić information content (AvgIpc) is 2.84. The molecule has 0 unspecified atom stereocenters. The van der Waals surface area contributed by atoms with Crippen molar-refractivity contribution in [1.29, 1.82) is 0 Å². The van der Waals surface area contributed by atoms with E-state index in [-0.39, 0.29) is 0 Å². The lowest BCUT2D eigenvalue weighted by atomic mass is 10.2. The van der Waals surface area contributed by atoms with Crippen molar-refractivity contribution in [3.05, 3.63) is 45.4 Å². The number of aryl methyl sites for hydroxylation is 2. The first-order valence-electron chi connectivity index (χ1n) is 6.58. The van der Waals surface area contributed by atoms with E-state index in [2.05, 4.69) is 11.9 Å². The van der Waals surface area contributed by atoms with Gasteiger partial charge in [-0.25, -0.2) is 4.98 Å². The number of ether oxygens (including phenoxy) is 1. The number of thiocarbonyl (C=S) groups is 1. The fraction of sp³-hybridized carbons (Fsp3) is 0.333. The van der Waals surface area contributed by atoms with Crippen LogP contribution >= 0.6 is 23.6 Å². The summed E-state index contributed by atoms with van der Waals surface area (Å²) < 4.78 is 5.79. The number of nitrogens with two attached hydrogens (primary N) is 1. The van der Waals surface area contributed by atoms with E-state index in [1.165, 1.54) is 0 Å². The average molecular weight is 306 g/mol. The molecule has 0 amide bonds. The van der Waals surface area contributed by atoms with Crippen LogP contribution < -0.4 is 10.5 Å². The van der Waals surface area contributed by atoms with Crippen LogP contribution in [0.1, 0.15) is 28.1 Å². The predicted molar refractivity (Wildman–Crippen MR) is 87.8 cm³/mol. The molecule has 2 N–H and O–H groups in total. The van der Waals surface area contributed by atoms with Gasteiger partial charge in [-0.2, -0.15) is 0 Å². The molecule has 0 aliphatic carbocycles. The highest BCUT2D eigenvalue weighted by atomic mass is 32.1. The van der Waals surface area contributed by atoms with Crippen molar-refractivity contribution in [1.82, 2.24) is 4.98 Å². The predicted octanol–water partition coefficient (Wildman–Crippen LogP) is 3.27. The van der Waals surface area contributed by atoms with E-state index in [0.717, 1.165) is 39.7 Å². The molecule has 2 aromatic rings. The smallest absolute Gasteiger partial charge is 0.122 e. The largest absolute Gasteiger partial charge is 0.493 e. The third-order valence-electron chi connectivity index (χ3n) is 2.97. The molecule has 3 nitrogen and oxygen atoms in total. The van der Waals surface area contributed by atoms with Gasteiger partial charge in [-0.15, -0.1) is 11.3 Å². The van der Waals surface area contributed by atoms with E-state index < -0.39 is 0 Å². The summed E-state index contributed by atoms with van der Waals surface area (Å²) in [6.45, 7) is 4.71. The van der Waals surface area contributed by atoms with E-state index in [0.29, 0.717) is 11.6 Å². The van der Waals surface area contributed by atoms with Gasteiger partial charge in [0.25, 0.3) is 0 Å². The Labute approximate surface area is 128 Å². The number of hydrogen-bond donors (Lipinski definition) is 1. The summed E-state index contributed by atoms with van der Waals surface area (Å²) in [6.07, 6.45) is 1.62. The summed E-state index contributed by atoms with van der Waals surface area (Å²) >= 11 is 6.63. The van der Waals surface area contributed by atoms with Gasteiger partial charge in [0.2, 0.25) is 0 Å². The monoisotopic (exact) mass is 306 g/mol. The quantitative estimate of drug-likeness (QED) is 0.832. The van der Waals surface area contributed by atoms with Gasteiger partial charge in [0.1, 0.15) is 10.7 Å². The zero-order valence-electron chi connectivity index (χ0n) is 11.7. The van der Waals surface area contributed by atoms with Crippen molar-refractivity contribution >= 4 is 28.5 Å². The molecule has 1 aromatic heterocycles. The van der Waals surface area contributed by atoms with E-state index in [9.17, 15) is 0 Å². The summed E-state index contributed by atoms with van der Waals surface area (Å²) in [5.74, 6) is 0.925. The van der Waals surface area contributed by atoms with Gasteiger partial charge in [0.05, 0.1) is 22.2 Å². The number of para-hydroxylation sites is 1. The summed E-state index contributed by atoms with van der Waals surface area (Å²) in [6, 6.07) is 8.00. The maximum absolute atomic E-state index is 5.79. The molecule has 1 heterocycles. The van der Waals surface area contributed by atoms with Crippen LogP contribution in [0.25, 0.3) is 0 Å².